The fourth-order valence-electron chi connectivity index (χ4n) is 1.51. The van der Waals surface area contributed by atoms with Crippen molar-refractivity contribution in [3.63, 3.8) is 0 Å². The summed E-state index contributed by atoms with van der Waals surface area (Å²) in [6.45, 7) is 0.537. The molecule has 0 saturated carbocycles. The number of hydrogen-bond donors (Lipinski definition) is 1. The number of halogens is 3. The minimum absolute atomic E-state index is 0.388. The molecule has 1 aromatic carbocycles. The first-order chi connectivity index (χ1) is 9.11. The van der Waals surface area contributed by atoms with Gasteiger partial charge in [0.25, 0.3) is 0 Å². The average molecular weight is 357 g/mol. The smallest absolute Gasteiger partial charge is 0.140 e. The second-order valence-corrected chi connectivity index (χ2v) is 5.35. The van der Waals surface area contributed by atoms with E-state index < -0.39 is 0 Å². The van der Waals surface area contributed by atoms with Crippen LogP contribution in [-0.4, -0.2) is 4.98 Å². The third-order valence-electron chi connectivity index (χ3n) is 2.46. The fraction of sp³-hybridized carbons (Fsp3) is 0.0769. The van der Waals surface area contributed by atoms with Crippen LogP contribution in [0.25, 0.3) is 0 Å². The molecule has 1 N–H and O–H groups in total. The van der Waals surface area contributed by atoms with Crippen molar-refractivity contribution in [2.75, 3.05) is 5.32 Å². The van der Waals surface area contributed by atoms with Crippen LogP contribution in [0.2, 0.25) is 10.0 Å². The molecule has 0 fully saturated rings. The molecule has 0 bridgehead atoms. The van der Waals surface area contributed by atoms with Crippen LogP contribution in [0.1, 0.15) is 11.3 Å². The fourth-order valence-corrected chi connectivity index (χ4v) is 2.35. The molecule has 0 aliphatic heterocycles. The summed E-state index contributed by atoms with van der Waals surface area (Å²) in [4.78, 5) is 3.91. The van der Waals surface area contributed by atoms with Crippen molar-refractivity contribution in [2.45, 2.75) is 6.54 Å². The zero-order valence-corrected chi connectivity index (χ0v) is 12.7. The third-order valence-corrected chi connectivity index (χ3v) is 4.23. The van der Waals surface area contributed by atoms with Crippen LogP contribution in [0, 0.1) is 11.3 Å². The lowest BCUT2D eigenvalue weighted by Gasteiger charge is -2.10. The van der Waals surface area contributed by atoms with E-state index in [2.05, 4.69) is 26.2 Å². The van der Waals surface area contributed by atoms with Gasteiger partial charge in [-0.1, -0.05) is 23.2 Å². The standard InChI is InChI=1S/C13H8BrCl2N3/c14-10-1-2-11(13(16)12(10)15)19-7-8-3-4-18-9(5-8)6-17/h1-5,19H,7H2. The Balaban J connectivity index is 2.15. The van der Waals surface area contributed by atoms with Crippen LogP contribution >= 0.6 is 39.1 Å². The normalized spacial score (nSPS) is 10.0. The number of aromatic nitrogens is 1. The number of nitrogens with one attached hydrogen (secondary N) is 1. The Hall–Kier alpha value is -1.28. The van der Waals surface area contributed by atoms with Crippen LogP contribution in [0.5, 0.6) is 0 Å². The summed E-state index contributed by atoms with van der Waals surface area (Å²) in [6, 6.07) is 9.22. The molecule has 1 aromatic heterocycles. The Kier molecular flexibility index (Phi) is 4.65. The number of benzene rings is 1. The van der Waals surface area contributed by atoms with Crippen molar-refractivity contribution in [1.82, 2.24) is 4.98 Å². The Bertz CT molecular complexity index is 653. The number of nitrogens with zero attached hydrogens (tertiary/aromatic N) is 2. The van der Waals surface area contributed by atoms with E-state index in [9.17, 15) is 0 Å². The first-order valence-electron chi connectivity index (χ1n) is 5.34. The molecule has 19 heavy (non-hydrogen) atoms. The van der Waals surface area contributed by atoms with Crippen LogP contribution in [0.3, 0.4) is 0 Å². The van der Waals surface area contributed by atoms with E-state index in [4.69, 9.17) is 28.5 Å². The molecule has 0 atom stereocenters. The molecule has 0 radical (unpaired) electrons. The third kappa shape index (κ3) is 3.38. The molecule has 0 amide bonds. The molecule has 2 rings (SSSR count). The minimum atomic E-state index is 0.388. The summed E-state index contributed by atoms with van der Waals surface area (Å²) in [5.41, 5.74) is 2.08. The van der Waals surface area contributed by atoms with E-state index in [0.29, 0.717) is 22.3 Å². The zero-order chi connectivity index (χ0) is 13.8. The Labute approximate surface area is 129 Å². The topological polar surface area (TPSA) is 48.7 Å². The largest absolute Gasteiger partial charge is 0.380 e. The van der Waals surface area contributed by atoms with Crippen molar-refractivity contribution in [3.05, 3.63) is 56.2 Å². The predicted molar refractivity (Wildman–Crippen MR) is 80.4 cm³/mol. The molecule has 3 nitrogen and oxygen atoms in total. The van der Waals surface area contributed by atoms with Gasteiger partial charge in [0.05, 0.1) is 15.7 Å². The SMILES string of the molecule is N#Cc1cc(CNc2ccc(Br)c(Cl)c2Cl)ccn1. The van der Waals surface area contributed by atoms with Gasteiger partial charge < -0.3 is 5.32 Å². The summed E-state index contributed by atoms with van der Waals surface area (Å²) in [7, 11) is 0. The van der Waals surface area contributed by atoms with Crippen LogP contribution in [0.4, 0.5) is 5.69 Å². The molecule has 96 valence electrons. The van der Waals surface area contributed by atoms with Crippen LogP contribution < -0.4 is 5.32 Å². The van der Waals surface area contributed by atoms with Crippen molar-refractivity contribution in [1.29, 1.82) is 5.26 Å². The van der Waals surface area contributed by atoms with Gasteiger partial charge in [-0.25, -0.2) is 4.98 Å². The molecule has 0 spiro atoms. The maximum atomic E-state index is 8.78. The Morgan fingerprint density at radius 1 is 1.26 bits per heavy atom. The van der Waals surface area contributed by atoms with Gasteiger partial charge in [0, 0.05) is 17.2 Å². The summed E-state index contributed by atoms with van der Waals surface area (Å²) in [6.07, 6.45) is 1.60. The maximum Gasteiger partial charge on any atom is 0.140 e. The summed E-state index contributed by atoms with van der Waals surface area (Å²) in [5.74, 6) is 0. The van der Waals surface area contributed by atoms with E-state index in [1.807, 2.05) is 24.3 Å². The summed E-state index contributed by atoms with van der Waals surface area (Å²) in [5, 5.41) is 12.9. The minimum Gasteiger partial charge on any atom is -0.380 e. The molecule has 6 heteroatoms. The highest BCUT2D eigenvalue weighted by atomic mass is 79.9. The Morgan fingerprint density at radius 2 is 2.05 bits per heavy atom. The van der Waals surface area contributed by atoms with Crippen molar-refractivity contribution < 1.29 is 0 Å². The van der Waals surface area contributed by atoms with Crippen LogP contribution in [0.15, 0.2) is 34.9 Å². The van der Waals surface area contributed by atoms with Gasteiger partial charge in [0.15, 0.2) is 0 Å². The number of rotatable bonds is 3. The van der Waals surface area contributed by atoms with E-state index >= 15 is 0 Å². The first kappa shape index (κ1) is 14.1. The van der Waals surface area contributed by atoms with Crippen molar-refractivity contribution in [2.24, 2.45) is 0 Å². The summed E-state index contributed by atoms with van der Waals surface area (Å²) < 4.78 is 0.750. The number of anilines is 1. The molecule has 2 aromatic rings. The van der Waals surface area contributed by atoms with Gasteiger partial charge in [-0.2, -0.15) is 5.26 Å². The average Bonchev–Trinajstić information content (AvgIpc) is 2.44. The van der Waals surface area contributed by atoms with E-state index in [-0.39, 0.29) is 0 Å². The molecular weight excluding hydrogens is 349 g/mol. The number of pyridine rings is 1. The number of nitriles is 1. The lowest BCUT2D eigenvalue weighted by molar-refractivity contribution is 1.12. The molecule has 0 aliphatic carbocycles. The highest BCUT2D eigenvalue weighted by Gasteiger charge is 2.08. The molecule has 0 unspecified atom stereocenters. The van der Waals surface area contributed by atoms with Gasteiger partial charge in [0.1, 0.15) is 11.8 Å². The molecule has 1 heterocycles. The quantitative estimate of drug-likeness (QED) is 0.815. The lowest BCUT2D eigenvalue weighted by Crippen LogP contribution is -2.01. The van der Waals surface area contributed by atoms with Gasteiger partial charge in [-0.15, -0.1) is 0 Å². The Morgan fingerprint density at radius 3 is 2.79 bits per heavy atom. The molecule has 0 aliphatic rings. The highest BCUT2D eigenvalue weighted by Crippen LogP contribution is 2.35. The zero-order valence-electron chi connectivity index (χ0n) is 9.62. The lowest BCUT2D eigenvalue weighted by atomic mass is 10.2. The van der Waals surface area contributed by atoms with E-state index in [1.165, 1.54) is 0 Å². The summed E-state index contributed by atoms with van der Waals surface area (Å²) >= 11 is 15.5. The second-order valence-electron chi connectivity index (χ2n) is 3.74. The first-order valence-corrected chi connectivity index (χ1v) is 6.89. The van der Waals surface area contributed by atoms with E-state index in [0.717, 1.165) is 15.7 Å². The van der Waals surface area contributed by atoms with Gasteiger partial charge in [0.2, 0.25) is 0 Å². The molecule has 0 saturated heterocycles. The van der Waals surface area contributed by atoms with Crippen molar-refractivity contribution >= 4 is 44.8 Å². The monoisotopic (exact) mass is 355 g/mol. The highest BCUT2D eigenvalue weighted by molar-refractivity contribution is 9.10. The predicted octanol–water partition coefficient (Wildman–Crippen LogP) is 4.63. The molecular formula is C13H8BrCl2N3. The van der Waals surface area contributed by atoms with Gasteiger partial charge >= 0.3 is 0 Å². The number of hydrogen-bond acceptors (Lipinski definition) is 3. The van der Waals surface area contributed by atoms with Crippen molar-refractivity contribution in [3.8, 4) is 6.07 Å². The van der Waals surface area contributed by atoms with Gasteiger partial charge in [-0.3, -0.25) is 0 Å². The van der Waals surface area contributed by atoms with Gasteiger partial charge in [-0.05, 0) is 45.8 Å². The maximum absolute atomic E-state index is 8.78. The van der Waals surface area contributed by atoms with E-state index in [1.54, 1.807) is 12.3 Å². The van der Waals surface area contributed by atoms with Crippen LogP contribution in [-0.2, 0) is 6.54 Å². The second kappa shape index (κ2) is 6.25.